The van der Waals surface area contributed by atoms with Crippen LogP contribution in [0.4, 0.5) is 5.69 Å². The standard InChI is InChI=1S/C14H18N2O3/c1-2-9-16(10-8-14(18)19)11-13(17)15-12-6-4-3-5-7-12/h2-7H,1,8-11H2,(H,15,17)(H,18,19). The Bertz CT molecular complexity index is 432. The molecule has 0 unspecified atom stereocenters. The summed E-state index contributed by atoms with van der Waals surface area (Å²) < 4.78 is 0. The number of carbonyl (C=O) groups excluding carboxylic acids is 1. The molecular weight excluding hydrogens is 244 g/mol. The molecule has 0 spiro atoms. The summed E-state index contributed by atoms with van der Waals surface area (Å²) in [5.74, 6) is -1.05. The monoisotopic (exact) mass is 262 g/mol. The maximum Gasteiger partial charge on any atom is 0.304 e. The van der Waals surface area contributed by atoms with Gasteiger partial charge in [0.15, 0.2) is 0 Å². The second-order valence-corrected chi connectivity index (χ2v) is 4.08. The lowest BCUT2D eigenvalue weighted by molar-refractivity contribution is -0.137. The smallest absolute Gasteiger partial charge is 0.304 e. The lowest BCUT2D eigenvalue weighted by Crippen LogP contribution is -2.34. The van der Waals surface area contributed by atoms with Gasteiger partial charge in [-0.15, -0.1) is 6.58 Å². The minimum Gasteiger partial charge on any atom is -0.481 e. The molecule has 0 saturated carbocycles. The van der Waals surface area contributed by atoms with Crippen molar-refractivity contribution in [3.63, 3.8) is 0 Å². The Balaban J connectivity index is 2.46. The molecule has 0 aromatic heterocycles. The van der Waals surface area contributed by atoms with Crippen LogP contribution in [-0.4, -0.2) is 41.5 Å². The summed E-state index contributed by atoms with van der Waals surface area (Å²) >= 11 is 0. The molecule has 1 rings (SSSR count). The quantitative estimate of drug-likeness (QED) is 0.698. The highest BCUT2D eigenvalue weighted by Crippen LogP contribution is 2.05. The third-order valence-electron chi connectivity index (χ3n) is 2.45. The summed E-state index contributed by atoms with van der Waals surface area (Å²) in [5.41, 5.74) is 0.726. The van der Waals surface area contributed by atoms with Gasteiger partial charge in [-0.25, -0.2) is 0 Å². The summed E-state index contributed by atoms with van der Waals surface area (Å²) in [5, 5.41) is 11.4. The van der Waals surface area contributed by atoms with E-state index in [2.05, 4.69) is 11.9 Å². The fraction of sp³-hybridized carbons (Fsp3) is 0.286. The fourth-order valence-electron chi connectivity index (χ4n) is 1.60. The molecule has 1 aromatic carbocycles. The molecule has 0 bridgehead atoms. The molecule has 0 aliphatic carbocycles. The van der Waals surface area contributed by atoms with Crippen molar-refractivity contribution in [3.8, 4) is 0 Å². The van der Waals surface area contributed by atoms with Gasteiger partial charge < -0.3 is 10.4 Å². The molecule has 5 nitrogen and oxygen atoms in total. The number of carboxylic acid groups (broad SMARTS) is 1. The molecule has 19 heavy (non-hydrogen) atoms. The number of carbonyl (C=O) groups is 2. The van der Waals surface area contributed by atoms with Crippen molar-refractivity contribution < 1.29 is 14.7 Å². The van der Waals surface area contributed by atoms with E-state index < -0.39 is 5.97 Å². The number of anilines is 1. The number of nitrogens with one attached hydrogen (secondary N) is 1. The van der Waals surface area contributed by atoms with Gasteiger partial charge in [0.25, 0.3) is 0 Å². The van der Waals surface area contributed by atoms with Crippen molar-refractivity contribution >= 4 is 17.6 Å². The number of benzene rings is 1. The molecule has 0 fully saturated rings. The molecule has 2 N–H and O–H groups in total. The Labute approximate surface area is 112 Å². The van der Waals surface area contributed by atoms with Gasteiger partial charge in [0.05, 0.1) is 13.0 Å². The minimum atomic E-state index is -0.877. The summed E-state index contributed by atoms with van der Waals surface area (Å²) in [6.45, 7) is 4.55. The first kappa shape index (κ1) is 14.9. The van der Waals surface area contributed by atoms with Gasteiger partial charge in [0.1, 0.15) is 0 Å². The molecule has 1 amide bonds. The molecular formula is C14H18N2O3. The maximum absolute atomic E-state index is 11.8. The molecule has 1 aromatic rings. The highest BCUT2D eigenvalue weighted by atomic mass is 16.4. The first-order chi connectivity index (χ1) is 9.11. The van der Waals surface area contributed by atoms with Gasteiger partial charge in [0.2, 0.25) is 5.91 Å². The Hall–Kier alpha value is -2.14. The SMILES string of the molecule is C=CCN(CCC(=O)O)CC(=O)Nc1ccccc1. The average molecular weight is 262 g/mol. The number of aliphatic carboxylic acids is 1. The van der Waals surface area contributed by atoms with Gasteiger partial charge >= 0.3 is 5.97 Å². The zero-order chi connectivity index (χ0) is 14.1. The molecule has 0 heterocycles. The predicted molar refractivity (Wildman–Crippen MR) is 74.0 cm³/mol. The number of carboxylic acids is 1. The van der Waals surface area contributed by atoms with E-state index in [-0.39, 0.29) is 18.9 Å². The highest BCUT2D eigenvalue weighted by Gasteiger charge is 2.11. The lowest BCUT2D eigenvalue weighted by atomic mass is 10.3. The molecule has 0 aliphatic rings. The molecule has 0 atom stereocenters. The van der Waals surface area contributed by atoms with Crippen molar-refractivity contribution in [2.45, 2.75) is 6.42 Å². The first-order valence-corrected chi connectivity index (χ1v) is 6.01. The van der Waals surface area contributed by atoms with E-state index in [9.17, 15) is 9.59 Å². The summed E-state index contributed by atoms with van der Waals surface area (Å²) in [7, 11) is 0. The lowest BCUT2D eigenvalue weighted by Gasteiger charge is -2.19. The molecule has 102 valence electrons. The van der Waals surface area contributed by atoms with Crippen LogP contribution in [0.25, 0.3) is 0 Å². The third-order valence-corrected chi connectivity index (χ3v) is 2.45. The van der Waals surface area contributed by atoms with E-state index in [0.717, 1.165) is 5.69 Å². The third kappa shape index (κ3) is 6.38. The number of rotatable bonds is 8. The Morgan fingerprint density at radius 2 is 2.00 bits per heavy atom. The number of para-hydroxylation sites is 1. The maximum atomic E-state index is 11.8. The van der Waals surface area contributed by atoms with Gasteiger partial charge in [-0.1, -0.05) is 24.3 Å². The molecule has 5 heteroatoms. The second-order valence-electron chi connectivity index (χ2n) is 4.08. The van der Waals surface area contributed by atoms with E-state index in [1.807, 2.05) is 18.2 Å². The predicted octanol–water partition coefficient (Wildman–Crippen LogP) is 1.59. The van der Waals surface area contributed by atoms with Crippen LogP contribution in [0.1, 0.15) is 6.42 Å². The van der Waals surface area contributed by atoms with Crippen molar-refractivity contribution in [1.82, 2.24) is 4.90 Å². The molecule has 0 saturated heterocycles. The van der Waals surface area contributed by atoms with Crippen LogP contribution in [-0.2, 0) is 9.59 Å². The van der Waals surface area contributed by atoms with Gasteiger partial charge in [0, 0.05) is 18.8 Å². The zero-order valence-corrected chi connectivity index (χ0v) is 10.7. The first-order valence-electron chi connectivity index (χ1n) is 6.01. The largest absolute Gasteiger partial charge is 0.481 e. The highest BCUT2D eigenvalue weighted by molar-refractivity contribution is 5.92. The van der Waals surface area contributed by atoms with Crippen LogP contribution in [0.3, 0.4) is 0 Å². The van der Waals surface area contributed by atoms with E-state index in [4.69, 9.17) is 5.11 Å². The van der Waals surface area contributed by atoms with Crippen LogP contribution >= 0.6 is 0 Å². The van der Waals surface area contributed by atoms with E-state index in [0.29, 0.717) is 13.1 Å². The van der Waals surface area contributed by atoms with Crippen LogP contribution in [0.2, 0.25) is 0 Å². The van der Waals surface area contributed by atoms with Crippen LogP contribution < -0.4 is 5.32 Å². The average Bonchev–Trinajstić information content (AvgIpc) is 2.37. The molecule has 0 radical (unpaired) electrons. The van der Waals surface area contributed by atoms with Crippen LogP contribution in [0, 0.1) is 0 Å². The van der Waals surface area contributed by atoms with Crippen molar-refractivity contribution in [2.24, 2.45) is 0 Å². The number of amides is 1. The van der Waals surface area contributed by atoms with Crippen molar-refractivity contribution in [3.05, 3.63) is 43.0 Å². The van der Waals surface area contributed by atoms with Crippen molar-refractivity contribution in [1.29, 1.82) is 0 Å². The topological polar surface area (TPSA) is 69.6 Å². The number of nitrogens with zero attached hydrogens (tertiary/aromatic N) is 1. The minimum absolute atomic E-state index is 0.00641. The Morgan fingerprint density at radius 3 is 2.58 bits per heavy atom. The Morgan fingerprint density at radius 1 is 1.32 bits per heavy atom. The van der Waals surface area contributed by atoms with Gasteiger partial charge in [-0.2, -0.15) is 0 Å². The van der Waals surface area contributed by atoms with E-state index in [1.165, 1.54) is 0 Å². The normalized spacial score (nSPS) is 10.2. The number of hydrogen-bond donors (Lipinski definition) is 2. The van der Waals surface area contributed by atoms with Gasteiger partial charge in [-0.05, 0) is 12.1 Å². The summed E-state index contributed by atoms with van der Waals surface area (Å²) in [6, 6.07) is 9.13. The fourth-order valence-corrected chi connectivity index (χ4v) is 1.60. The van der Waals surface area contributed by atoms with Crippen molar-refractivity contribution in [2.75, 3.05) is 25.0 Å². The van der Waals surface area contributed by atoms with Crippen LogP contribution in [0.15, 0.2) is 43.0 Å². The second kappa shape index (κ2) is 8.05. The Kier molecular flexibility index (Phi) is 6.32. The summed E-state index contributed by atoms with van der Waals surface area (Å²) in [4.78, 5) is 24.1. The van der Waals surface area contributed by atoms with E-state index >= 15 is 0 Å². The molecule has 0 aliphatic heterocycles. The van der Waals surface area contributed by atoms with Crippen LogP contribution in [0.5, 0.6) is 0 Å². The van der Waals surface area contributed by atoms with Gasteiger partial charge in [-0.3, -0.25) is 14.5 Å². The summed E-state index contributed by atoms with van der Waals surface area (Å²) in [6.07, 6.45) is 1.66. The van der Waals surface area contributed by atoms with E-state index in [1.54, 1.807) is 23.1 Å². The number of hydrogen-bond acceptors (Lipinski definition) is 3. The zero-order valence-electron chi connectivity index (χ0n) is 10.7.